The molecule has 0 N–H and O–H groups in total. The zero-order valence-corrected chi connectivity index (χ0v) is 15.6. The van der Waals surface area contributed by atoms with Crippen LogP contribution in [0.2, 0.25) is 0 Å². The van der Waals surface area contributed by atoms with Crippen LogP contribution >= 0.6 is 7.37 Å². The minimum atomic E-state index is -2.43. The van der Waals surface area contributed by atoms with Crippen molar-refractivity contribution in [2.75, 3.05) is 6.61 Å². The Morgan fingerprint density at radius 3 is 1.77 bits per heavy atom. The maximum Gasteiger partial charge on any atom is 0.209 e. The van der Waals surface area contributed by atoms with E-state index in [9.17, 15) is 4.57 Å². The Kier molecular flexibility index (Phi) is 8.54. The summed E-state index contributed by atoms with van der Waals surface area (Å²) in [6.45, 7) is 2.99. The second-order valence-electron chi connectivity index (χ2n) is 7.48. The molecule has 2 rings (SSSR count). The van der Waals surface area contributed by atoms with Crippen molar-refractivity contribution in [3.8, 4) is 0 Å². The summed E-state index contributed by atoms with van der Waals surface area (Å²) in [5.41, 5.74) is 0.778. The number of unbranched alkanes of at least 4 members (excludes halogenated alkanes) is 4. The highest BCUT2D eigenvalue weighted by atomic mass is 31.2. The Hall–Kier alpha value is 0.190. The molecule has 0 saturated heterocycles. The first-order chi connectivity index (χ1) is 10.8. The molecule has 0 aromatic heterocycles. The molecule has 2 saturated carbocycles. The Labute approximate surface area is 138 Å². The summed E-state index contributed by atoms with van der Waals surface area (Å²) in [6, 6.07) is 0. The zero-order chi connectivity index (χ0) is 15.7. The van der Waals surface area contributed by atoms with Gasteiger partial charge in [-0.3, -0.25) is 4.57 Å². The van der Waals surface area contributed by atoms with Crippen LogP contribution in [0.3, 0.4) is 0 Å². The molecule has 0 spiro atoms. The fourth-order valence-electron chi connectivity index (χ4n) is 4.30. The second-order valence-corrected chi connectivity index (χ2v) is 10.5. The van der Waals surface area contributed by atoms with E-state index >= 15 is 0 Å². The summed E-state index contributed by atoms with van der Waals surface area (Å²) >= 11 is 0. The van der Waals surface area contributed by atoms with E-state index in [4.69, 9.17) is 4.52 Å². The minimum absolute atomic E-state index is 0.389. The Bertz CT molecular complexity index is 308. The first-order valence-corrected chi connectivity index (χ1v) is 11.8. The monoisotopic (exact) mass is 328 g/mol. The molecule has 2 aliphatic rings. The van der Waals surface area contributed by atoms with Crippen LogP contribution in [0.4, 0.5) is 0 Å². The highest BCUT2D eigenvalue weighted by molar-refractivity contribution is 7.60. The van der Waals surface area contributed by atoms with E-state index in [-0.39, 0.29) is 0 Å². The van der Waals surface area contributed by atoms with Crippen molar-refractivity contribution < 1.29 is 9.09 Å². The molecule has 0 bridgehead atoms. The Morgan fingerprint density at radius 2 is 1.27 bits per heavy atom. The maximum absolute atomic E-state index is 13.8. The lowest BCUT2D eigenvalue weighted by atomic mass is 10.00. The molecule has 2 fully saturated rings. The standard InChI is InChI=1S/C19H37O2P/c1-2-3-4-5-12-17-21-22(20,18-13-8-6-9-14-18)19-15-10-7-11-16-19/h18-19H,2-17H2,1H3. The molecule has 0 aromatic carbocycles. The van der Waals surface area contributed by atoms with E-state index in [1.807, 2.05) is 0 Å². The fourth-order valence-corrected chi connectivity index (χ4v) is 7.91. The lowest BCUT2D eigenvalue weighted by Gasteiger charge is -2.37. The second kappa shape index (κ2) is 10.1. The summed E-state index contributed by atoms with van der Waals surface area (Å²) in [7, 11) is -2.43. The molecular weight excluding hydrogens is 291 g/mol. The van der Waals surface area contributed by atoms with E-state index in [0.717, 1.165) is 38.7 Å². The van der Waals surface area contributed by atoms with Crippen LogP contribution in [-0.4, -0.2) is 17.9 Å². The van der Waals surface area contributed by atoms with Crippen LogP contribution in [0.25, 0.3) is 0 Å². The van der Waals surface area contributed by atoms with Crippen LogP contribution in [0, 0.1) is 0 Å². The summed E-state index contributed by atoms with van der Waals surface area (Å²) < 4.78 is 20.0. The average molecular weight is 328 g/mol. The van der Waals surface area contributed by atoms with Crippen molar-refractivity contribution in [3.63, 3.8) is 0 Å². The van der Waals surface area contributed by atoms with Gasteiger partial charge in [-0.05, 0) is 32.1 Å². The van der Waals surface area contributed by atoms with Gasteiger partial charge in [0.05, 0.1) is 6.61 Å². The third-order valence-electron chi connectivity index (χ3n) is 5.71. The number of hydrogen-bond donors (Lipinski definition) is 0. The van der Waals surface area contributed by atoms with E-state index in [2.05, 4.69) is 6.92 Å². The first kappa shape index (κ1) is 18.5. The average Bonchev–Trinajstić information content (AvgIpc) is 2.59. The van der Waals surface area contributed by atoms with Gasteiger partial charge in [0, 0.05) is 11.3 Å². The predicted molar refractivity (Wildman–Crippen MR) is 96.1 cm³/mol. The Morgan fingerprint density at radius 1 is 0.773 bits per heavy atom. The van der Waals surface area contributed by atoms with Gasteiger partial charge in [0.25, 0.3) is 0 Å². The van der Waals surface area contributed by atoms with Gasteiger partial charge in [-0.25, -0.2) is 0 Å². The summed E-state index contributed by atoms with van der Waals surface area (Å²) in [4.78, 5) is 0. The van der Waals surface area contributed by atoms with Crippen molar-refractivity contribution in [1.29, 1.82) is 0 Å². The van der Waals surface area contributed by atoms with Gasteiger partial charge in [0.2, 0.25) is 7.37 Å². The zero-order valence-electron chi connectivity index (χ0n) is 14.7. The van der Waals surface area contributed by atoms with Crippen molar-refractivity contribution >= 4 is 7.37 Å². The first-order valence-electron chi connectivity index (χ1n) is 10.0. The van der Waals surface area contributed by atoms with Crippen LogP contribution < -0.4 is 0 Å². The summed E-state index contributed by atoms with van der Waals surface area (Å²) in [5.74, 6) is 0. The van der Waals surface area contributed by atoms with Crippen LogP contribution in [0.15, 0.2) is 0 Å². The van der Waals surface area contributed by atoms with Gasteiger partial charge in [-0.2, -0.15) is 0 Å². The molecule has 0 radical (unpaired) electrons. The number of rotatable bonds is 9. The smallest absolute Gasteiger partial charge is 0.209 e. The maximum atomic E-state index is 13.8. The lowest BCUT2D eigenvalue weighted by molar-refractivity contribution is 0.273. The van der Waals surface area contributed by atoms with Crippen LogP contribution in [0.1, 0.15) is 103 Å². The van der Waals surface area contributed by atoms with Gasteiger partial charge in [0.1, 0.15) is 0 Å². The van der Waals surface area contributed by atoms with Gasteiger partial charge >= 0.3 is 0 Å². The molecule has 3 heteroatoms. The highest BCUT2D eigenvalue weighted by Gasteiger charge is 2.42. The largest absolute Gasteiger partial charge is 0.328 e. The van der Waals surface area contributed by atoms with Crippen LogP contribution in [0.5, 0.6) is 0 Å². The molecule has 0 unspecified atom stereocenters. The molecule has 2 nitrogen and oxygen atoms in total. The predicted octanol–water partition coefficient (Wildman–Crippen LogP) is 6.92. The topological polar surface area (TPSA) is 26.3 Å². The van der Waals surface area contributed by atoms with Crippen molar-refractivity contribution in [1.82, 2.24) is 0 Å². The SMILES string of the molecule is CCCCCCCOP(=O)(C1CCCCC1)C1CCCCC1. The normalized spacial score (nSPS) is 22.0. The molecule has 0 heterocycles. The molecule has 0 aliphatic heterocycles. The molecule has 0 atom stereocenters. The van der Waals surface area contributed by atoms with Crippen molar-refractivity contribution in [2.45, 2.75) is 115 Å². The highest BCUT2D eigenvalue weighted by Crippen LogP contribution is 2.63. The van der Waals surface area contributed by atoms with Gasteiger partial charge in [-0.15, -0.1) is 0 Å². The molecule has 0 amide bonds. The van der Waals surface area contributed by atoms with Gasteiger partial charge in [0.15, 0.2) is 0 Å². The van der Waals surface area contributed by atoms with Crippen molar-refractivity contribution in [3.05, 3.63) is 0 Å². The molecule has 22 heavy (non-hydrogen) atoms. The number of hydrogen-bond acceptors (Lipinski definition) is 2. The summed E-state index contributed by atoms with van der Waals surface area (Å²) in [6.07, 6.45) is 18.6. The quantitative estimate of drug-likeness (QED) is 0.339. The Balaban J connectivity index is 1.87. The molecule has 0 aromatic rings. The van der Waals surface area contributed by atoms with E-state index in [1.165, 1.54) is 64.2 Å². The molecule has 2 aliphatic carbocycles. The molecular formula is C19H37O2P. The third-order valence-corrected chi connectivity index (χ3v) is 9.36. The summed E-state index contributed by atoms with van der Waals surface area (Å²) in [5, 5.41) is 0. The third kappa shape index (κ3) is 5.38. The lowest BCUT2D eigenvalue weighted by Crippen LogP contribution is -2.25. The molecule has 130 valence electrons. The van der Waals surface area contributed by atoms with Crippen molar-refractivity contribution in [2.24, 2.45) is 0 Å². The van der Waals surface area contributed by atoms with Gasteiger partial charge in [-0.1, -0.05) is 71.1 Å². The van der Waals surface area contributed by atoms with E-state index in [1.54, 1.807) is 0 Å². The minimum Gasteiger partial charge on any atom is -0.328 e. The van der Waals surface area contributed by atoms with E-state index < -0.39 is 7.37 Å². The van der Waals surface area contributed by atoms with E-state index in [0.29, 0.717) is 11.3 Å². The van der Waals surface area contributed by atoms with Gasteiger partial charge < -0.3 is 4.52 Å². The van der Waals surface area contributed by atoms with Crippen LogP contribution in [-0.2, 0) is 9.09 Å². The fraction of sp³-hybridized carbons (Fsp3) is 1.00.